The van der Waals surface area contributed by atoms with Crippen LogP contribution < -0.4 is 4.74 Å². The lowest BCUT2D eigenvalue weighted by molar-refractivity contribution is 0.413. The molecule has 0 fully saturated rings. The molecule has 0 saturated carbocycles. The van der Waals surface area contributed by atoms with Crippen LogP contribution in [-0.2, 0) is 0 Å². The van der Waals surface area contributed by atoms with Gasteiger partial charge in [-0.1, -0.05) is 27.2 Å². The second kappa shape index (κ2) is 5.42. The maximum absolute atomic E-state index is 5.31. The predicted molar refractivity (Wildman–Crippen MR) is 77.2 cm³/mol. The second-order valence-electron chi connectivity index (χ2n) is 3.98. The smallest absolute Gasteiger partial charge is 0.276 e. The van der Waals surface area contributed by atoms with Crippen molar-refractivity contribution in [2.24, 2.45) is 0 Å². The summed E-state index contributed by atoms with van der Waals surface area (Å²) in [4.78, 5) is 8.54. The third kappa shape index (κ3) is 2.42. The molecule has 0 aliphatic carbocycles. The average Bonchev–Trinajstić information content (AvgIpc) is 2.98. The van der Waals surface area contributed by atoms with Gasteiger partial charge in [0.1, 0.15) is 11.4 Å². The third-order valence-corrected chi connectivity index (χ3v) is 3.21. The summed E-state index contributed by atoms with van der Waals surface area (Å²) in [5, 5.41) is 3.99. The Morgan fingerprint density at radius 2 is 2.10 bits per heavy atom. The Bertz CT molecular complexity index is 728. The zero-order valence-electron chi connectivity index (χ0n) is 10.6. The minimum absolute atomic E-state index is 0.377. The Morgan fingerprint density at radius 1 is 1.20 bits per heavy atom. The number of nitrogens with zero attached hydrogens (tertiary/aromatic N) is 3. The topological polar surface area (TPSA) is 61.0 Å². The van der Waals surface area contributed by atoms with Gasteiger partial charge in [0, 0.05) is 10.7 Å². The molecule has 5 nitrogen and oxygen atoms in total. The van der Waals surface area contributed by atoms with Gasteiger partial charge in [-0.05, 0) is 30.3 Å². The molecule has 0 unspecified atom stereocenters. The van der Waals surface area contributed by atoms with E-state index in [9.17, 15) is 0 Å². The zero-order valence-corrected chi connectivity index (χ0v) is 12.2. The van der Waals surface area contributed by atoms with Crippen molar-refractivity contribution < 1.29 is 9.26 Å². The first-order valence-corrected chi connectivity index (χ1v) is 6.66. The summed E-state index contributed by atoms with van der Waals surface area (Å²) >= 11 is 3.42. The highest BCUT2D eigenvalue weighted by atomic mass is 79.9. The van der Waals surface area contributed by atoms with Gasteiger partial charge in [-0.15, -0.1) is 0 Å². The summed E-state index contributed by atoms with van der Waals surface area (Å²) in [7, 11) is 1.60. The fourth-order valence-corrected chi connectivity index (χ4v) is 2.14. The Balaban J connectivity index is 2.04. The highest BCUT2D eigenvalue weighted by Gasteiger charge is 2.15. The summed E-state index contributed by atoms with van der Waals surface area (Å²) in [6.45, 7) is 0. The molecular formula is C14H10BrN3O2. The number of ether oxygens (including phenoxy) is 1. The molecule has 2 heterocycles. The normalized spacial score (nSPS) is 10.5. The molecule has 2 aromatic heterocycles. The number of rotatable bonds is 3. The molecular weight excluding hydrogens is 322 g/mol. The van der Waals surface area contributed by atoms with Crippen LogP contribution in [0.5, 0.6) is 5.75 Å². The molecule has 0 aliphatic heterocycles. The van der Waals surface area contributed by atoms with Gasteiger partial charge in [0.05, 0.1) is 12.7 Å². The van der Waals surface area contributed by atoms with Gasteiger partial charge < -0.3 is 9.26 Å². The third-order valence-electron chi connectivity index (χ3n) is 2.71. The first-order valence-electron chi connectivity index (χ1n) is 5.87. The fraction of sp³-hybridized carbons (Fsp3) is 0.0714. The van der Waals surface area contributed by atoms with Crippen molar-refractivity contribution in [3.05, 3.63) is 47.1 Å². The quantitative estimate of drug-likeness (QED) is 0.734. The van der Waals surface area contributed by atoms with E-state index in [1.54, 1.807) is 13.3 Å². The summed E-state index contributed by atoms with van der Waals surface area (Å²) < 4.78 is 11.5. The van der Waals surface area contributed by atoms with Crippen LogP contribution >= 0.6 is 15.9 Å². The van der Waals surface area contributed by atoms with Crippen LogP contribution in [0.4, 0.5) is 0 Å². The van der Waals surface area contributed by atoms with Crippen LogP contribution in [0.15, 0.2) is 51.6 Å². The van der Waals surface area contributed by atoms with Crippen LogP contribution in [0, 0.1) is 0 Å². The lowest BCUT2D eigenvalue weighted by Crippen LogP contribution is -1.89. The first kappa shape index (κ1) is 12.8. The Hall–Kier alpha value is -2.21. The van der Waals surface area contributed by atoms with Gasteiger partial charge in [0.15, 0.2) is 0 Å². The van der Waals surface area contributed by atoms with Crippen molar-refractivity contribution in [1.82, 2.24) is 15.1 Å². The molecule has 0 radical (unpaired) electrons. The molecule has 3 aromatic rings. The van der Waals surface area contributed by atoms with E-state index in [0.29, 0.717) is 23.2 Å². The lowest BCUT2D eigenvalue weighted by atomic mass is 10.2. The minimum atomic E-state index is 0.377. The maximum Gasteiger partial charge on any atom is 0.276 e. The molecule has 6 heteroatoms. The van der Waals surface area contributed by atoms with Crippen LogP contribution in [-0.4, -0.2) is 22.2 Å². The lowest BCUT2D eigenvalue weighted by Gasteiger charge is -2.04. The monoisotopic (exact) mass is 331 g/mol. The molecule has 0 aliphatic rings. The zero-order chi connectivity index (χ0) is 13.9. The van der Waals surface area contributed by atoms with Crippen molar-refractivity contribution in [2.45, 2.75) is 0 Å². The largest absolute Gasteiger partial charge is 0.496 e. The average molecular weight is 332 g/mol. The van der Waals surface area contributed by atoms with Crippen molar-refractivity contribution in [3.63, 3.8) is 0 Å². The van der Waals surface area contributed by atoms with Crippen LogP contribution in [0.2, 0.25) is 0 Å². The molecule has 0 atom stereocenters. The van der Waals surface area contributed by atoms with E-state index >= 15 is 0 Å². The minimum Gasteiger partial charge on any atom is -0.496 e. The first-order chi connectivity index (χ1) is 9.78. The number of aromatic nitrogens is 3. The number of halogens is 1. The molecule has 3 rings (SSSR count). The summed E-state index contributed by atoms with van der Waals surface area (Å²) in [5.41, 5.74) is 1.40. The SMILES string of the molecule is COc1ccc(Br)cc1-c1noc(-c2ccccn2)n1. The van der Waals surface area contributed by atoms with E-state index in [0.717, 1.165) is 10.0 Å². The Labute approximate surface area is 123 Å². The highest BCUT2D eigenvalue weighted by Crippen LogP contribution is 2.31. The van der Waals surface area contributed by atoms with Crippen molar-refractivity contribution in [2.75, 3.05) is 7.11 Å². The number of benzene rings is 1. The summed E-state index contributed by atoms with van der Waals surface area (Å²) in [6, 6.07) is 11.1. The van der Waals surface area contributed by atoms with Gasteiger partial charge >= 0.3 is 0 Å². The second-order valence-corrected chi connectivity index (χ2v) is 4.90. The van der Waals surface area contributed by atoms with E-state index in [4.69, 9.17) is 9.26 Å². The van der Waals surface area contributed by atoms with Crippen LogP contribution in [0.25, 0.3) is 23.0 Å². The summed E-state index contributed by atoms with van der Waals surface area (Å²) in [5.74, 6) is 1.52. The van der Waals surface area contributed by atoms with Gasteiger partial charge in [-0.2, -0.15) is 4.98 Å². The molecule has 1 aromatic carbocycles. The molecule has 0 bridgehead atoms. The van der Waals surface area contributed by atoms with Crippen molar-refractivity contribution >= 4 is 15.9 Å². The standard InChI is InChI=1S/C14H10BrN3O2/c1-19-12-6-5-9(15)8-10(12)13-17-14(20-18-13)11-4-2-3-7-16-11/h2-8H,1H3. The molecule has 0 N–H and O–H groups in total. The molecule has 0 spiro atoms. The number of methoxy groups -OCH3 is 1. The van der Waals surface area contributed by atoms with Crippen LogP contribution in [0.3, 0.4) is 0 Å². The number of pyridine rings is 1. The van der Waals surface area contributed by atoms with E-state index < -0.39 is 0 Å². The van der Waals surface area contributed by atoms with Crippen molar-refractivity contribution in [1.29, 1.82) is 0 Å². The summed E-state index contributed by atoms with van der Waals surface area (Å²) in [6.07, 6.45) is 1.68. The van der Waals surface area contributed by atoms with E-state index in [1.165, 1.54) is 0 Å². The highest BCUT2D eigenvalue weighted by molar-refractivity contribution is 9.10. The maximum atomic E-state index is 5.31. The van der Waals surface area contributed by atoms with E-state index in [1.807, 2.05) is 36.4 Å². The van der Waals surface area contributed by atoms with E-state index in [-0.39, 0.29) is 0 Å². The Kier molecular flexibility index (Phi) is 3.47. The number of hydrogen-bond acceptors (Lipinski definition) is 5. The molecule has 100 valence electrons. The predicted octanol–water partition coefficient (Wildman–Crippen LogP) is 3.57. The van der Waals surface area contributed by atoms with Gasteiger partial charge in [0.25, 0.3) is 5.89 Å². The molecule has 0 amide bonds. The van der Waals surface area contributed by atoms with Crippen LogP contribution in [0.1, 0.15) is 0 Å². The van der Waals surface area contributed by atoms with Gasteiger partial charge in [-0.3, -0.25) is 4.98 Å². The van der Waals surface area contributed by atoms with Crippen molar-refractivity contribution in [3.8, 4) is 28.7 Å². The van der Waals surface area contributed by atoms with Gasteiger partial charge in [0.2, 0.25) is 5.82 Å². The molecule has 0 saturated heterocycles. The molecule has 20 heavy (non-hydrogen) atoms. The fourth-order valence-electron chi connectivity index (χ4n) is 1.78. The number of hydrogen-bond donors (Lipinski definition) is 0. The van der Waals surface area contributed by atoms with Gasteiger partial charge in [-0.25, -0.2) is 0 Å². The Morgan fingerprint density at radius 3 is 2.85 bits per heavy atom. The van der Waals surface area contributed by atoms with E-state index in [2.05, 4.69) is 31.1 Å².